The zero-order chi connectivity index (χ0) is 13.2. The van der Waals surface area contributed by atoms with E-state index in [0.29, 0.717) is 11.4 Å². The van der Waals surface area contributed by atoms with Crippen molar-refractivity contribution in [2.45, 2.75) is 0 Å². The number of nitrogen functional groups attached to an aromatic ring is 1. The van der Waals surface area contributed by atoms with Gasteiger partial charge in [0.05, 0.1) is 23.4 Å². The fourth-order valence-corrected chi connectivity index (χ4v) is 3.39. The highest BCUT2D eigenvalue weighted by Gasteiger charge is 2.09. The van der Waals surface area contributed by atoms with Crippen LogP contribution < -0.4 is 10.5 Å². The molecule has 5 heteroatoms. The normalized spacial score (nSPS) is 10.6. The van der Waals surface area contributed by atoms with Gasteiger partial charge in [0.15, 0.2) is 0 Å². The van der Waals surface area contributed by atoms with Crippen LogP contribution in [0.4, 0.5) is 5.69 Å². The van der Waals surface area contributed by atoms with Crippen LogP contribution in [0.2, 0.25) is 0 Å². The molecule has 19 heavy (non-hydrogen) atoms. The molecule has 0 fully saturated rings. The summed E-state index contributed by atoms with van der Waals surface area (Å²) >= 11 is 3.32. The first-order valence-electron chi connectivity index (χ1n) is 5.71. The van der Waals surface area contributed by atoms with Crippen LogP contribution in [0.5, 0.6) is 5.75 Å². The molecule has 3 aromatic rings. The second-order valence-corrected chi connectivity index (χ2v) is 5.78. The number of ether oxygens (including phenoxy) is 1. The predicted molar refractivity (Wildman–Crippen MR) is 81.8 cm³/mol. The molecule has 0 radical (unpaired) electrons. The second kappa shape index (κ2) is 5.03. The summed E-state index contributed by atoms with van der Waals surface area (Å²) in [7, 11) is 1.61. The highest BCUT2D eigenvalue weighted by atomic mass is 32.1. The van der Waals surface area contributed by atoms with Gasteiger partial charge >= 0.3 is 0 Å². The van der Waals surface area contributed by atoms with E-state index in [9.17, 15) is 0 Å². The van der Waals surface area contributed by atoms with Gasteiger partial charge in [-0.2, -0.15) is 0 Å². The van der Waals surface area contributed by atoms with Crippen LogP contribution in [-0.2, 0) is 0 Å². The summed E-state index contributed by atoms with van der Waals surface area (Å²) in [5.74, 6) is 0.693. The molecule has 0 atom stereocenters. The Balaban J connectivity index is 1.97. The molecule has 0 spiro atoms. The molecule has 0 saturated carbocycles. The highest BCUT2D eigenvalue weighted by Crippen LogP contribution is 2.33. The quantitative estimate of drug-likeness (QED) is 0.737. The number of rotatable bonds is 3. The first kappa shape index (κ1) is 12.2. The molecular formula is C14H12N2OS2. The number of anilines is 1. The van der Waals surface area contributed by atoms with Crippen LogP contribution >= 0.6 is 22.7 Å². The minimum atomic E-state index is 0.632. The number of benzene rings is 1. The van der Waals surface area contributed by atoms with Crippen molar-refractivity contribution in [2.75, 3.05) is 12.8 Å². The number of methoxy groups -OCH3 is 1. The maximum absolute atomic E-state index is 5.92. The summed E-state index contributed by atoms with van der Waals surface area (Å²) in [4.78, 5) is 5.84. The van der Waals surface area contributed by atoms with Crippen molar-refractivity contribution in [1.29, 1.82) is 0 Å². The molecule has 1 aromatic carbocycles. The smallest absolute Gasteiger partial charge is 0.141 e. The molecular weight excluding hydrogens is 276 g/mol. The molecule has 0 aliphatic rings. The van der Waals surface area contributed by atoms with Gasteiger partial charge in [-0.25, -0.2) is 4.98 Å². The zero-order valence-electron chi connectivity index (χ0n) is 10.3. The topological polar surface area (TPSA) is 48.1 Å². The molecule has 0 aliphatic heterocycles. The molecule has 2 heterocycles. The number of hydrogen-bond acceptors (Lipinski definition) is 5. The lowest BCUT2D eigenvalue weighted by molar-refractivity contribution is 0.417. The SMILES string of the molecule is COc1ccc(-c2nc(-c3cccs3)cs2)cc1N. The van der Waals surface area contributed by atoms with Crippen molar-refractivity contribution in [3.8, 4) is 26.9 Å². The maximum atomic E-state index is 5.92. The summed E-state index contributed by atoms with van der Waals surface area (Å²) < 4.78 is 5.16. The van der Waals surface area contributed by atoms with Crippen molar-refractivity contribution in [3.63, 3.8) is 0 Å². The molecule has 3 rings (SSSR count). The van der Waals surface area contributed by atoms with E-state index in [1.807, 2.05) is 24.3 Å². The van der Waals surface area contributed by atoms with E-state index in [4.69, 9.17) is 10.5 Å². The van der Waals surface area contributed by atoms with Gasteiger partial charge in [0.25, 0.3) is 0 Å². The number of hydrogen-bond donors (Lipinski definition) is 1. The van der Waals surface area contributed by atoms with Crippen LogP contribution in [0.1, 0.15) is 0 Å². The van der Waals surface area contributed by atoms with Gasteiger partial charge in [-0.05, 0) is 29.6 Å². The average molecular weight is 288 g/mol. The Morgan fingerprint density at radius 3 is 2.79 bits per heavy atom. The third-order valence-corrected chi connectivity index (χ3v) is 4.54. The van der Waals surface area contributed by atoms with Crippen molar-refractivity contribution in [1.82, 2.24) is 4.98 Å². The van der Waals surface area contributed by atoms with Crippen molar-refractivity contribution in [2.24, 2.45) is 0 Å². The van der Waals surface area contributed by atoms with E-state index < -0.39 is 0 Å². The lowest BCUT2D eigenvalue weighted by Crippen LogP contribution is -1.92. The first-order valence-corrected chi connectivity index (χ1v) is 7.47. The second-order valence-electron chi connectivity index (χ2n) is 3.97. The summed E-state index contributed by atoms with van der Waals surface area (Å²) in [5.41, 5.74) is 8.59. The molecule has 0 amide bonds. The van der Waals surface area contributed by atoms with Gasteiger partial charge in [0.2, 0.25) is 0 Å². The Labute approximate surface area is 119 Å². The summed E-state index contributed by atoms with van der Waals surface area (Å²) in [5, 5.41) is 5.10. The van der Waals surface area contributed by atoms with Crippen LogP contribution in [0.3, 0.4) is 0 Å². The van der Waals surface area contributed by atoms with Crippen molar-refractivity contribution in [3.05, 3.63) is 41.1 Å². The third kappa shape index (κ3) is 2.34. The molecule has 0 saturated heterocycles. The monoisotopic (exact) mass is 288 g/mol. The highest BCUT2D eigenvalue weighted by molar-refractivity contribution is 7.15. The van der Waals surface area contributed by atoms with Crippen LogP contribution in [0, 0.1) is 0 Å². The fraction of sp³-hybridized carbons (Fsp3) is 0.0714. The first-order chi connectivity index (χ1) is 9.28. The van der Waals surface area contributed by atoms with E-state index in [2.05, 4.69) is 21.8 Å². The molecule has 2 aromatic heterocycles. The Bertz CT molecular complexity index is 689. The average Bonchev–Trinajstić information content (AvgIpc) is 3.09. The van der Waals surface area contributed by atoms with Crippen LogP contribution in [0.15, 0.2) is 41.1 Å². The number of nitrogens with zero attached hydrogens (tertiary/aromatic N) is 1. The summed E-state index contributed by atoms with van der Waals surface area (Å²) in [6, 6.07) is 9.86. The lowest BCUT2D eigenvalue weighted by atomic mass is 10.2. The number of thiophene rings is 1. The van der Waals surface area contributed by atoms with Gasteiger partial charge in [-0.15, -0.1) is 22.7 Å². The van der Waals surface area contributed by atoms with E-state index >= 15 is 0 Å². The molecule has 2 N–H and O–H groups in total. The van der Waals surface area contributed by atoms with Crippen molar-refractivity contribution >= 4 is 28.4 Å². The maximum Gasteiger partial charge on any atom is 0.141 e. The number of aromatic nitrogens is 1. The Hall–Kier alpha value is -1.85. The minimum absolute atomic E-state index is 0.632. The largest absolute Gasteiger partial charge is 0.495 e. The van der Waals surface area contributed by atoms with Crippen molar-refractivity contribution < 1.29 is 4.74 Å². The Morgan fingerprint density at radius 1 is 1.21 bits per heavy atom. The summed E-state index contributed by atoms with van der Waals surface area (Å²) in [6.07, 6.45) is 0. The van der Waals surface area contributed by atoms with E-state index in [-0.39, 0.29) is 0 Å². The Kier molecular flexibility index (Phi) is 3.23. The summed E-state index contributed by atoms with van der Waals surface area (Å²) in [6.45, 7) is 0. The van der Waals surface area contributed by atoms with Gasteiger partial charge in [-0.3, -0.25) is 0 Å². The lowest BCUT2D eigenvalue weighted by Gasteiger charge is -2.05. The number of nitrogens with two attached hydrogens (primary N) is 1. The predicted octanol–water partition coefficient (Wildman–Crippen LogP) is 4.13. The zero-order valence-corrected chi connectivity index (χ0v) is 11.9. The molecule has 0 bridgehead atoms. The third-order valence-electron chi connectivity index (χ3n) is 2.75. The standard InChI is InChI=1S/C14H12N2OS2/c1-17-12-5-4-9(7-10(12)15)14-16-11(8-19-14)13-3-2-6-18-13/h2-8H,15H2,1H3. The fourth-order valence-electron chi connectivity index (χ4n) is 1.81. The van der Waals surface area contributed by atoms with Crippen LogP contribution in [0.25, 0.3) is 21.1 Å². The van der Waals surface area contributed by atoms with Gasteiger partial charge in [0, 0.05) is 10.9 Å². The van der Waals surface area contributed by atoms with Gasteiger partial charge < -0.3 is 10.5 Å². The van der Waals surface area contributed by atoms with Crippen LogP contribution in [-0.4, -0.2) is 12.1 Å². The minimum Gasteiger partial charge on any atom is -0.495 e. The molecule has 0 aliphatic carbocycles. The van der Waals surface area contributed by atoms with Gasteiger partial charge in [0.1, 0.15) is 10.8 Å². The Morgan fingerprint density at radius 2 is 2.11 bits per heavy atom. The molecule has 3 nitrogen and oxygen atoms in total. The van der Waals surface area contributed by atoms with E-state index in [1.54, 1.807) is 29.8 Å². The molecule has 96 valence electrons. The number of thiazole rings is 1. The van der Waals surface area contributed by atoms with E-state index in [1.165, 1.54) is 4.88 Å². The van der Waals surface area contributed by atoms with Gasteiger partial charge in [-0.1, -0.05) is 6.07 Å². The van der Waals surface area contributed by atoms with E-state index in [0.717, 1.165) is 16.3 Å². The molecule has 0 unspecified atom stereocenters.